The molecule has 0 bridgehead atoms. The van der Waals surface area contributed by atoms with Crippen molar-refractivity contribution in [2.24, 2.45) is 0 Å². The Kier molecular flexibility index (Phi) is 5.43. The summed E-state index contributed by atoms with van der Waals surface area (Å²) in [5, 5.41) is 8.22. The second-order valence-electron chi connectivity index (χ2n) is 5.03. The number of para-hydroxylation sites is 1. The summed E-state index contributed by atoms with van der Waals surface area (Å²) in [5.41, 5.74) is 1.18. The molecule has 0 fully saturated rings. The topological polar surface area (TPSA) is 79.5 Å². The molecule has 0 saturated carbocycles. The molecule has 2 rings (SSSR count). The molecule has 1 aliphatic rings. The predicted molar refractivity (Wildman–Crippen MR) is 79.3 cm³/mol. The minimum absolute atomic E-state index is 0.00692. The number of hydrogen-bond donors (Lipinski definition) is 3. The fourth-order valence-corrected chi connectivity index (χ4v) is 2.19. The molecule has 1 atom stereocenters. The van der Waals surface area contributed by atoms with Crippen LogP contribution in [0.2, 0.25) is 0 Å². The number of fused-ring (bicyclic) bond motifs is 1. The van der Waals surface area contributed by atoms with Gasteiger partial charge in [0.25, 0.3) is 0 Å². The number of carbonyl (C=O) groups is 2. The highest BCUT2D eigenvalue weighted by atomic mass is 16.5. The van der Waals surface area contributed by atoms with Crippen LogP contribution in [0.3, 0.4) is 0 Å². The average Bonchev–Trinajstić information content (AvgIpc) is 2.87. The number of rotatable bonds is 6. The summed E-state index contributed by atoms with van der Waals surface area (Å²) in [6.45, 7) is 3.04. The molecule has 1 aromatic carbocycles. The standard InChI is InChI=1S/C15H21N3O3/c1-11(19)16-7-4-8-17-15(20)18-10-13-9-12-5-2-3-6-14(12)21-13/h2-3,5-6,13H,4,7-10H2,1H3,(H,16,19)(H2,17,18,20)/t13-/m0/s1. The normalized spacial score (nSPS) is 15.8. The summed E-state index contributed by atoms with van der Waals surface area (Å²) in [6, 6.07) is 7.70. The van der Waals surface area contributed by atoms with E-state index in [0.717, 1.165) is 12.2 Å². The van der Waals surface area contributed by atoms with Gasteiger partial charge in [-0.05, 0) is 18.1 Å². The zero-order valence-electron chi connectivity index (χ0n) is 12.1. The van der Waals surface area contributed by atoms with Crippen LogP contribution >= 0.6 is 0 Å². The molecule has 0 spiro atoms. The first-order chi connectivity index (χ1) is 10.1. The van der Waals surface area contributed by atoms with Gasteiger partial charge in [-0.3, -0.25) is 4.79 Å². The molecule has 3 amide bonds. The third-order valence-electron chi connectivity index (χ3n) is 3.22. The second-order valence-corrected chi connectivity index (χ2v) is 5.03. The lowest BCUT2D eigenvalue weighted by Gasteiger charge is -2.12. The van der Waals surface area contributed by atoms with Gasteiger partial charge in [0.05, 0.1) is 6.54 Å². The highest BCUT2D eigenvalue weighted by Crippen LogP contribution is 2.27. The molecule has 0 saturated heterocycles. The van der Waals surface area contributed by atoms with Crippen LogP contribution < -0.4 is 20.7 Å². The minimum atomic E-state index is -0.211. The van der Waals surface area contributed by atoms with E-state index < -0.39 is 0 Å². The van der Waals surface area contributed by atoms with E-state index in [-0.39, 0.29) is 18.0 Å². The van der Waals surface area contributed by atoms with Crippen LogP contribution in [0.15, 0.2) is 24.3 Å². The molecular formula is C15H21N3O3. The highest BCUT2D eigenvalue weighted by molar-refractivity contribution is 5.74. The van der Waals surface area contributed by atoms with E-state index in [0.29, 0.717) is 26.1 Å². The van der Waals surface area contributed by atoms with Crippen LogP contribution in [0.25, 0.3) is 0 Å². The molecule has 3 N–H and O–H groups in total. The first-order valence-electron chi connectivity index (χ1n) is 7.16. The maximum atomic E-state index is 11.6. The maximum Gasteiger partial charge on any atom is 0.314 e. The van der Waals surface area contributed by atoms with Crippen LogP contribution in [0.1, 0.15) is 18.9 Å². The summed E-state index contributed by atoms with van der Waals surface area (Å²) in [5.74, 6) is 0.845. The van der Waals surface area contributed by atoms with E-state index in [9.17, 15) is 9.59 Å². The van der Waals surface area contributed by atoms with Gasteiger partial charge in [-0.2, -0.15) is 0 Å². The molecule has 21 heavy (non-hydrogen) atoms. The van der Waals surface area contributed by atoms with Crippen LogP contribution in [0, 0.1) is 0 Å². The van der Waals surface area contributed by atoms with E-state index in [1.807, 2.05) is 24.3 Å². The molecule has 114 valence electrons. The summed E-state index contributed by atoms with van der Waals surface area (Å²) in [6.07, 6.45) is 1.52. The zero-order chi connectivity index (χ0) is 15.1. The maximum absolute atomic E-state index is 11.6. The van der Waals surface area contributed by atoms with Crippen LogP contribution in [-0.4, -0.2) is 37.7 Å². The number of nitrogens with one attached hydrogen (secondary N) is 3. The molecule has 1 aliphatic heterocycles. The number of hydrogen-bond acceptors (Lipinski definition) is 3. The average molecular weight is 291 g/mol. The first kappa shape index (κ1) is 15.2. The van der Waals surface area contributed by atoms with Crippen molar-refractivity contribution in [3.05, 3.63) is 29.8 Å². The summed E-state index contributed by atoms with van der Waals surface area (Å²) in [4.78, 5) is 22.3. The Morgan fingerprint density at radius 1 is 1.19 bits per heavy atom. The molecular weight excluding hydrogens is 270 g/mol. The lowest BCUT2D eigenvalue weighted by Crippen LogP contribution is -2.41. The van der Waals surface area contributed by atoms with Gasteiger partial charge in [-0.1, -0.05) is 18.2 Å². The van der Waals surface area contributed by atoms with E-state index in [2.05, 4.69) is 16.0 Å². The van der Waals surface area contributed by atoms with Gasteiger partial charge in [-0.25, -0.2) is 4.79 Å². The molecule has 0 radical (unpaired) electrons. The Bertz CT molecular complexity index is 480. The predicted octanol–water partition coefficient (Wildman–Crippen LogP) is 0.815. The highest BCUT2D eigenvalue weighted by Gasteiger charge is 2.22. The zero-order valence-corrected chi connectivity index (χ0v) is 12.1. The summed E-state index contributed by atoms with van der Waals surface area (Å²) < 4.78 is 5.74. The molecule has 1 aromatic rings. The lowest BCUT2D eigenvalue weighted by atomic mass is 10.1. The van der Waals surface area contributed by atoms with Crippen LogP contribution in [-0.2, 0) is 11.2 Å². The van der Waals surface area contributed by atoms with Crippen LogP contribution in [0.4, 0.5) is 4.79 Å². The Morgan fingerprint density at radius 2 is 1.95 bits per heavy atom. The fraction of sp³-hybridized carbons (Fsp3) is 0.467. The third-order valence-corrected chi connectivity index (χ3v) is 3.22. The molecule has 6 heteroatoms. The monoisotopic (exact) mass is 291 g/mol. The Labute approximate surface area is 124 Å². The molecule has 0 aliphatic carbocycles. The van der Waals surface area contributed by atoms with Crippen molar-refractivity contribution in [1.82, 2.24) is 16.0 Å². The van der Waals surface area contributed by atoms with Crippen molar-refractivity contribution in [1.29, 1.82) is 0 Å². The van der Waals surface area contributed by atoms with Crippen molar-refractivity contribution >= 4 is 11.9 Å². The number of benzene rings is 1. The van der Waals surface area contributed by atoms with E-state index in [4.69, 9.17) is 4.74 Å². The number of urea groups is 1. The van der Waals surface area contributed by atoms with Crippen molar-refractivity contribution in [2.45, 2.75) is 25.9 Å². The quantitative estimate of drug-likeness (QED) is 0.679. The van der Waals surface area contributed by atoms with E-state index in [1.54, 1.807) is 0 Å². The van der Waals surface area contributed by atoms with Crippen molar-refractivity contribution in [2.75, 3.05) is 19.6 Å². The Balaban J connectivity index is 1.57. The molecule has 1 heterocycles. The largest absolute Gasteiger partial charge is 0.488 e. The van der Waals surface area contributed by atoms with Gasteiger partial charge < -0.3 is 20.7 Å². The van der Waals surface area contributed by atoms with Gasteiger partial charge in [0.15, 0.2) is 0 Å². The molecule has 0 aromatic heterocycles. The fourth-order valence-electron chi connectivity index (χ4n) is 2.19. The first-order valence-corrected chi connectivity index (χ1v) is 7.16. The summed E-state index contributed by atoms with van der Waals surface area (Å²) in [7, 11) is 0. The Morgan fingerprint density at radius 3 is 2.71 bits per heavy atom. The molecule has 0 unspecified atom stereocenters. The molecule has 6 nitrogen and oxygen atoms in total. The van der Waals surface area contributed by atoms with Crippen LogP contribution in [0.5, 0.6) is 5.75 Å². The number of carbonyl (C=O) groups excluding carboxylic acids is 2. The summed E-state index contributed by atoms with van der Waals surface area (Å²) >= 11 is 0. The Hall–Kier alpha value is -2.24. The van der Waals surface area contributed by atoms with Crippen molar-refractivity contribution in [3.8, 4) is 5.75 Å². The van der Waals surface area contributed by atoms with Gasteiger partial charge in [0.1, 0.15) is 11.9 Å². The van der Waals surface area contributed by atoms with Gasteiger partial charge in [0, 0.05) is 26.4 Å². The SMILES string of the molecule is CC(=O)NCCCNC(=O)NC[C@@H]1Cc2ccccc2O1. The number of amides is 3. The third kappa shape index (κ3) is 4.98. The van der Waals surface area contributed by atoms with E-state index >= 15 is 0 Å². The number of ether oxygens (including phenoxy) is 1. The van der Waals surface area contributed by atoms with E-state index in [1.165, 1.54) is 12.5 Å². The van der Waals surface area contributed by atoms with Gasteiger partial charge in [0.2, 0.25) is 5.91 Å². The smallest absolute Gasteiger partial charge is 0.314 e. The van der Waals surface area contributed by atoms with Gasteiger partial charge >= 0.3 is 6.03 Å². The van der Waals surface area contributed by atoms with Crippen molar-refractivity contribution in [3.63, 3.8) is 0 Å². The lowest BCUT2D eigenvalue weighted by molar-refractivity contribution is -0.118. The second kappa shape index (κ2) is 7.52. The van der Waals surface area contributed by atoms with Gasteiger partial charge in [-0.15, -0.1) is 0 Å². The van der Waals surface area contributed by atoms with Crippen molar-refractivity contribution < 1.29 is 14.3 Å². The minimum Gasteiger partial charge on any atom is -0.488 e.